The number of nitrogens with zero attached hydrogens (tertiary/aromatic N) is 3. The molecule has 1 aromatic carbocycles. The lowest BCUT2D eigenvalue weighted by Gasteiger charge is -2.33. The predicted octanol–water partition coefficient (Wildman–Crippen LogP) is 4.22. The third-order valence-corrected chi connectivity index (χ3v) is 5.90. The Balaban J connectivity index is 0.000000257. The van der Waals surface area contributed by atoms with Crippen molar-refractivity contribution < 1.29 is 15.0 Å². The summed E-state index contributed by atoms with van der Waals surface area (Å²) in [6, 6.07) is 7.99. The first-order valence-electron chi connectivity index (χ1n) is 10.1. The number of hydrogen-bond acceptors (Lipinski definition) is 5. The average Bonchev–Trinajstić information content (AvgIpc) is 3.64. The minimum Gasteiger partial charge on any atom is -0.408 e. The van der Waals surface area contributed by atoms with Gasteiger partial charge in [-0.1, -0.05) is 23.3 Å². The summed E-state index contributed by atoms with van der Waals surface area (Å²) in [5.41, 5.74) is 0.596. The summed E-state index contributed by atoms with van der Waals surface area (Å²) in [6.45, 7) is 3.65. The Hall–Kier alpha value is -2.44. The first-order valence-corrected chi connectivity index (χ1v) is 10.1. The molecule has 2 saturated carbocycles. The van der Waals surface area contributed by atoms with Crippen LogP contribution in [-0.2, 0) is 4.79 Å². The van der Waals surface area contributed by atoms with E-state index in [1.54, 1.807) is 18.2 Å². The Morgan fingerprint density at radius 1 is 1.21 bits per heavy atom. The summed E-state index contributed by atoms with van der Waals surface area (Å²) in [6.07, 6.45) is 7.30. The first kappa shape index (κ1) is 18.9. The van der Waals surface area contributed by atoms with Gasteiger partial charge >= 0.3 is 6.01 Å². The Bertz CT molecular complexity index is 798. The molecule has 1 N–H and O–H groups in total. The maximum Gasteiger partial charge on any atom is 0.316 e. The van der Waals surface area contributed by atoms with Crippen molar-refractivity contribution >= 4 is 11.9 Å². The Morgan fingerprint density at radius 2 is 1.89 bits per heavy atom. The molecule has 1 aromatic heterocycles. The minimum absolute atomic E-state index is 0. The molecule has 7 heteroatoms. The number of rotatable bonds is 4. The van der Waals surface area contributed by atoms with E-state index in [9.17, 15) is 9.18 Å². The fourth-order valence-electron chi connectivity index (χ4n) is 3.60. The van der Waals surface area contributed by atoms with Gasteiger partial charge in [0, 0.05) is 20.4 Å². The summed E-state index contributed by atoms with van der Waals surface area (Å²) < 4.78 is 17.5. The molecule has 1 amide bonds. The van der Waals surface area contributed by atoms with Gasteiger partial charge in [-0.3, -0.25) is 4.79 Å². The van der Waals surface area contributed by atoms with Gasteiger partial charge in [-0.05, 0) is 63.0 Å². The van der Waals surface area contributed by atoms with Crippen molar-refractivity contribution in [2.24, 2.45) is 5.41 Å². The van der Waals surface area contributed by atoms with E-state index in [1.165, 1.54) is 25.0 Å². The lowest BCUT2D eigenvalue weighted by atomic mass is 9.93. The van der Waals surface area contributed by atoms with Crippen molar-refractivity contribution in [2.75, 3.05) is 18.4 Å². The number of amides is 1. The van der Waals surface area contributed by atoms with Gasteiger partial charge in [0.15, 0.2) is 0 Å². The summed E-state index contributed by atoms with van der Waals surface area (Å²) in [5, 5.41) is 11.1. The van der Waals surface area contributed by atoms with Crippen LogP contribution < -0.4 is 5.32 Å². The van der Waals surface area contributed by atoms with E-state index in [0.717, 1.165) is 38.8 Å². The van der Waals surface area contributed by atoms with Gasteiger partial charge in [-0.25, -0.2) is 4.39 Å². The molecule has 2 aromatic rings. The van der Waals surface area contributed by atoms with E-state index >= 15 is 0 Å². The topological polar surface area (TPSA) is 71.3 Å². The molecule has 1 spiro atoms. The number of carbonyl (C=O) groups excluding carboxylic acids is 1. The highest BCUT2D eigenvalue weighted by Gasteiger charge is 2.45. The van der Waals surface area contributed by atoms with Crippen molar-refractivity contribution in [1.29, 1.82) is 0 Å². The van der Waals surface area contributed by atoms with Gasteiger partial charge in [0.1, 0.15) is 11.9 Å². The zero-order chi connectivity index (χ0) is 19.6. The van der Waals surface area contributed by atoms with E-state index in [2.05, 4.69) is 15.5 Å². The standard InChI is InChI=1S/C15H22N4O2.C6H5F.H2/c1-10(16-14-18-17-12(21-14)11-2-3-11)13(20)19-8-6-15(4-5-15)7-9-19;7-6-4-2-1-3-5-6;/h10-11H,2-9H2,1H3,(H,16,18);1-5H;1H/t10-;;/m1../s1. The third kappa shape index (κ3) is 4.69. The maximum atomic E-state index is 12.5. The molecule has 1 atom stereocenters. The lowest BCUT2D eigenvalue weighted by molar-refractivity contribution is -0.133. The average molecular weight is 388 g/mol. The lowest BCUT2D eigenvalue weighted by Crippen LogP contribution is -2.45. The highest BCUT2D eigenvalue weighted by Crippen LogP contribution is 2.53. The molecule has 1 aliphatic heterocycles. The number of hydrogen-bond donors (Lipinski definition) is 1. The van der Waals surface area contributed by atoms with Crippen LogP contribution in [0.3, 0.4) is 0 Å². The molecular formula is C21H29FN4O2. The van der Waals surface area contributed by atoms with E-state index in [-0.39, 0.29) is 19.2 Å². The normalized spacial score (nSPS) is 20.9. The van der Waals surface area contributed by atoms with Gasteiger partial charge in [-0.15, -0.1) is 5.10 Å². The molecule has 5 rings (SSSR count). The zero-order valence-electron chi connectivity index (χ0n) is 16.2. The molecular weight excluding hydrogens is 359 g/mol. The molecule has 0 unspecified atom stereocenters. The van der Waals surface area contributed by atoms with Crippen LogP contribution in [0.2, 0.25) is 0 Å². The Kier molecular flexibility index (Phi) is 5.33. The van der Waals surface area contributed by atoms with Crippen LogP contribution in [0.25, 0.3) is 0 Å². The Labute approximate surface area is 166 Å². The summed E-state index contributed by atoms with van der Waals surface area (Å²) in [4.78, 5) is 14.4. The van der Waals surface area contributed by atoms with Gasteiger partial charge in [0.25, 0.3) is 0 Å². The second-order valence-corrected chi connectivity index (χ2v) is 8.21. The van der Waals surface area contributed by atoms with Crippen molar-refractivity contribution in [1.82, 2.24) is 15.1 Å². The predicted molar refractivity (Wildman–Crippen MR) is 105 cm³/mol. The van der Waals surface area contributed by atoms with Crippen LogP contribution in [0.4, 0.5) is 10.4 Å². The van der Waals surface area contributed by atoms with Gasteiger partial charge in [0.2, 0.25) is 11.8 Å². The number of halogens is 1. The number of likely N-dealkylation sites (tertiary alicyclic amines) is 1. The van der Waals surface area contributed by atoms with Crippen LogP contribution in [0, 0.1) is 11.2 Å². The van der Waals surface area contributed by atoms with Gasteiger partial charge < -0.3 is 14.6 Å². The molecule has 3 fully saturated rings. The Morgan fingerprint density at radius 3 is 2.43 bits per heavy atom. The van der Waals surface area contributed by atoms with Crippen molar-refractivity contribution in [3.05, 3.63) is 42.0 Å². The maximum absolute atomic E-state index is 12.5. The molecule has 2 heterocycles. The van der Waals surface area contributed by atoms with Crippen molar-refractivity contribution in [3.63, 3.8) is 0 Å². The summed E-state index contributed by atoms with van der Waals surface area (Å²) in [5.74, 6) is 1.10. The summed E-state index contributed by atoms with van der Waals surface area (Å²) in [7, 11) is 0. The SMILES string of the molecule is C[C@@H](Nc1nnc(C2CC2)o1)C(=O)N1CCC2(CC1)CC2.Fc1ccccc1.[HH]. The fourth-order valence-corrected chi connectivity index (χ4v) is 3.60. The smallest absolute Gasteiger partial charge is 0.316 e. The van der Waals surface area contributed by atoms with E-state index in [1.807, 2.05) is 11.8 Å². The molecule has 3 aliphatic rings. The molecule has 0 bridgehead atoms. The van der Waals surface area contributed by atoms with Crippen LogP contribution in [-0.4, -0.2) is 40.1 Å². The van der Waals surface area contributed by atoms with Crippen molar-refractivity contribution in [2.45, 2.75) is 57.4 Å². The van der Waals surface area contributed by atoms with Gasteiger partial charge in [0.05, 0.1) is 0 Å². The van der Waals surface area contributed by atoms with E-state index in [0.29, 0.717) is 23.2 Å². The number of carbonyl (C=O) groups is 1. The molecule has 2 aliphatic carbocycles. The van der Waals surface area contributed by atoms with Crippen molar-refractivity contribution in [3.8, 4) is 0 Å². The van der Waals surface area contributed by atoms with Crippen LogP contribution >= 0.6 is 0 Å². The van der Waals surface area contributed by atoms with Crippen LogP contribution in [0.5, 0.6) is 0 Å². The zero-order valence-corrected chi connectivity index (χ0v) is 16.2. The van der Waals surface area contributed by atoms with Gasteiger partial charge in [-0.2, -0.15) is 0 Å². The highest BCUT2D eigenvalue weighted by molar-refractivity contribution is 5.83. The van der Waals surface area contributed by atoms with Crippen LogP contribution in [0.1, 0.15) is 58.7 Å². The second kappa shape index (κ2) is 7.89. The second-order valence-electron chi connectivity index (χ2n) is 8.21. The van der Waals surface area contributed by atoms with E-state index in [4.69, 9.17) is 4.42 Å². The summed E-state index contributed by atoms with van der Waals surface area (Å²) >= 11 is 0. The fraction of sp³-hybridized carbons (Fsp3) is 0.571. The molecule has 0 radical (unpaired) electrons. The minimum atomic E-state index is -0.314. The third-order valence-electron chi connectivity index (χ3n) is 5.90. The first-order chi connectivity index (χ1) is 13.5. The number of nitrogens with one attached hydrogen (secondary N) is 1. The molecule has 1 saturated heterocycles. The quantitative estimate of drug-likeness (QED) is 0.849. The number of piperidine rings is 1. The highest BCUT2D eigenvalue weighted by atomic mass is 19.1. The molecule has 152 valence electrons. The molecule has 6 nitrogen and oxygen atoms in total. The van der Waals surface area contributed by atoms with Crippen LogP contribution in [0.15, 0.2) is 34.7 Å². The molecule has 28 heavy (non-hydrogen) atoms. The number of benzene rings is 1. The number of anilines is 1. The monoisotopic (exact) mass is 388 g/mol. The largest absolute Gasteiger partial charge is 0.408 e. The van der Waals surface area contributed by atoms with E-state index < -0.39 is 0 Å². The number of aromatic nitrogens is 2.